The molecule has 1 atom stereocenters. The van der Waals surface area contributed by atoms with Crippen LogP contribution in [0.25, 0.3) is 0 Å². The molecule has 5 nitrogen and oxygen atoms in total. The van der Waals surface area contributed by atoms with Crippen LogP contribution in [-0.2, 0) is 11.2 Å². The van der Waals surface area contributed by atoms with Gasteiger partial charge in [0.1, 0.15) is 12.4 Å². The van der Waals surface area contributed by atoms with E-state index < -0.39 is 6.04 Å². The molecule has 0 spiro atoms. The van der Waals surface area contributed by atoms with Crippen LogP contribution in [0.2, 0.25) is 0 Å². The van der Waals surface area contributed by atoms with Crippen molar-refractivity contribution in [1.82, 2.24) is 10.2 Å². The summed E-state index contributed by atoms with van der Waals surface area (Å²) in [7, 11) is 0. The van der Waals surface area contributed by atoms with Gasteiger partial charge in [-0.3, -0.25) is 9.69 Å². The van der Waals surface area contributed by atoms with Crippen LogP contribution in [0, 0.1) is 0 Å². The number of benzene rings is 1. The van der Waals surface area contributed by atoms with Gasteiger partial charge in [0, 0.05) is 13.1 Å². The topological polar surface area (TPSA) is 67.6 Å². The summed E-state index contributed by atoms with van der Waals surface area (Å²) < 4.78 is 5.77. The quantitative estimate of drug-likeness (QED) is 0.756. The van der Waals surface area contributed by atoms with Gasteiger partial charge in [0.2, 0.25) is 5.91 Å². The van der Waals surface area contributed by atoms with Gasteiger partial charge >= 0.3 is 0 Å². The summed E-state index contributed by atoms with van der Waals surface area (Å²) in [4.78, 5) is 13.8. The third-order valence-electron chi connectivity index (χ3n) is 3.92. The number of nitrogens with one attached hydrogen (secondary N) is 1. The second-order valence-electron chi connectivity index (χ2n) is 5.87. The highest BCUT2D eigenvalue weighted by molar-refractivity contribution is 5.80. The number of carbonyl (C=O) groups is 1. The molecular formula is C17H27N3O2. The zero-order valence-electron chi connectivity index (χ0n) is 13.4. The molecule has 0 radical (unpaired) electrons. The predicted molar refractivity (Wildman–Crippen MR) is 88.0 cm³/mol. The van der Waals surface area contributed by atoms with Gasteiger partial charge in [-0.05, 0) is 57.0 Å². The first kappa shape index (κ1) is 16.8. The Labute approximate surface area is 132 Å². The molecule has 1 aromatic carbocycles. The van der Waals surface area contributed by atoms with Crippen molar-refractivity contribution in [1.29, 1.82) is 0 Å². The zero-order chi connectivity index (χ0) is 15.8. The number of amides is 1. The molecule has 1 fully saturated rings. The molecule has 0 bridgehead atoms. The van der Waals surface area contributed by atoms with Crippen LogP contribution in [0.4, 0.5) is 0 Å². The SMILES string of the molecule is CC(N)C(=O)NCCc1ccc(OCCN2CCCC2)cc1. The van der Waals surface area contributed by atoms with Crippen molar-refractivity contribution in [3.8, 4) is 5.75 Å². The van der Waals surface area contributed by atoms with Crippen LogP contribution in [0.3, 0.4) is 0 Å². The fourth-order valence-corrected chi connectivity index (χ4v) is 2.54. The third-order valence-corrected chi connectivity index (χ3v) is 3.92. The molecule has 0 aromatic heterocycles. The van der Waals surface area contributed by atoms with Crippen molar-refractivity contribution in [3.63, 3.8) is 0 Å². The highest BCUT2D eigenvalue weighted by atomic mass is 16.5. The third kappa shape index (κ3) is 5.66. The average molecular weight is 305 g/mol. The minimum Gasteiger partial charge on any atom is -0.492 e. The van der Waals surface area contributed by atoms with Crippen molar-refractivity contribution in [3.05, 3.63) is 29.8 Å². The van der Waals surface area contributed by atoms with Crippen LogP contribution >= 0.6 is 0 Å². The van der Waals surface area contributed by atoms with Gasteiger partial charge in [0.25, 0.3) is 0 Å². The molecule has 1 heterocycles. The molecule has 1 aliphatic rings. The Kier molecular flexibility index (Phi) is 6.68. The lowest BCUT2D eigenvalue weighted by Gasteiger charge is -2.15. The molecule has 5 heteroatoms. The molecule has 1 saturated heterocycles. The zero-order valence-corrected chi connectivity index (χ0v) is 13.4. The minimum atomic E-state index is -0.452. The van der Waals surface area contributed by atoms with E-state index in [1.165, 1.54) is 31.5 Å². The lowest BCUT2D eigenvalue weighted by atomic mass is 10.1. The van der Waals surface area contributed by atoms with Crippen molar-refractivity contribution < 1.29 is 9.53 Å². The Bertz CT molecular complexity index is 453. The van der Waals surface area contributed by atoms with E-state index in [1.807, 2.05) is 24.3 Å². The lowest BCUT2D eigenvalue weighted by molar-refractivity contribution is -0.121. The van der Waals surface area contributed by atoms with E-state index in [0.717, 1.165) is 25.3 Å². The summed E-state index contributed by atoms with van der Waals surface area (Å²) in [6, 6.07) is 7.62. The summed E-state index contributed by atoms with van der Waals surface area (Å²) in [5.74, 6) is 0.796. The fraction of sp³-hybridized carbons (Fsp3) is 0.588. The normalized spacial score (nSPS) is 16.5. The number of nitrogens with zero attached hydrogens (tertiary/aromatic N) is 1. The molecule has 1 unspecified atom stereocenters. The number of carbonyl (C=O) groups excluding carboxylic acids is 1. The molecule has 1 amide bonds. The van der Waals surface area contributed by atoms with Gasteiger partial charge in [-0.2, -0.15) is 0 Å². The van der Waals surface area contributed by atoms with Crippen molar-refractivity contribution in [2.24, 2.45) is 5.73 Å². The molecule has 1 aromatic rings. The standard InChI is InChI=1S/C17H27N3O2/c1-14(18)17(21)19-9-8-15-4-6-16(7-5-15)22-13-12-20-10-2-3-11-20/h4-7,14H,2-3,8-13,18H2,1H3,(H,19,21). The Morgan fingerprint density at radius 1 is 1.32 bits per heavy atom. The molecule has 0 saturated carbocycles. The number of nitrogens with two attached hydrogens (primary N) is 1. The average Bonchev–Trinajstić information content (AvgIpc) is 3.02. The van der Waals surface area contributed by atoms with Gasteiger partial charge < -0.3 is 15.8 Å². The van der Waals surface area contributed by atoms with E-state index in [2.05, 4.69) is 10.2 Å². The Balaban J connectivity index is 1.65. The number of rotatable bonds is 8. The molecule has 1 aliphatic heterocycles. The number of hydrogen-bond donors (Lipinski definition) is 2. The molecule has 2 rings (SSSR count). The Hall–Kier alpha value is -1.59. The minimum absolute atomic E-state index is 0.109. The van der Waals surface area contributed by atoms with Crippen molar-refractivity contribution in [2.75, 3.05) is 32.8 Å². The van der Waals surface area contributed by atoms with Crippen molar-refractivity contribution in [2.45, 2.75) is 32.2 Å². The van der Waals surface area contributed by atoms with Gasteiger partial charge in [-0.1, -0.05) is 12.1 Å². The van der Waals surface area contributed by atoms with E-state index in [4.69, 9.17) is 10.5 Å². The van der Waals surface area contributed by atoms with Crippen LogP contribution in [0.15, 0.2) is 24.3 Å². The summed E-state index contributed by atoms with van der Waals surface area (Å²) in [6.07, 6.45) is 3.43. The summed E-state index contributed by atoms with van der Waals surface area (Å²) >= 11 is 0. The van der Waals surface area contributed by atoms with E-state index in [9.17, 15) is 4.79 Å². The van der Waals surface area contributed by atoms with Gasteiger partial charge in [0.05, 0.1) is 6.04 Å². The summed E-state index contributed by atoms with van der Waals surface area (Å²) in [5.41, 5.74) is 6.67. The van der Waals surface area contributed by atoms with Gasteiger partial charge in [0.15, 0.2) is 0 Å². The number of likely N-dealkylation sites (tertiary alicyclic amines) is 1. The first-order valence-electron chi connectivity index (χ1n) is 8.12. The first-order chi connectivity index (χ1) is 10.6. The lowest BCUT2D eigenvalue weighted by Crippen LogP contribution is -2.39. The molecule has 0 aliphatic carbocycles. The predicted octanol–water partition coefficient (Wildman–Crippen LogP) is 1.17. The van der Waals surface area contributed by atoms with E-state index in [-0.39, 0.29) is 5.91 Å². The second-order valence-corrected chi connectivity index (χ2v) is 5.87. The Morgan fingerprint density at radius 2 is 2.00 bits per heavy atom. The van der Waals surface area contributed by atoms with Crippen LogP contribution in [-0.4, -0.2) is 49.6 Å². The molecule has 122 valence electrons. The van der Waals surface area contributed by atoms with Crippen LogP contribution < -0.4 is 15.8 Å². The maximum absolute atomic E-state index is 11.4. The van der Waals surface area contributed by atoms with Crippen LogP contribution in [0.1, 0.15) is 25.3 Å². The van der Waals surface area contributed by atoms with Gasteiger partial charge in [-0.15, -0.1) is 0 Å². The second kappa shape index (κ2) is 8.76. The number of hydrogen-bond acceptors (Lipinski definition) is 4. The van der Waals surface area contributed by atoms with Gasteiger partial charge in [-0.25, -0.2) is 0 Å². The van der Waals surface area contributed by atoms with E-state index in [1.54, 1.807) is 6.92 Å². The molecule has 3 N–H and O–H groups in total. The molecule has 22 heavy (non-hydrogen) atoms. The number of ether oxygens (including phenoxy) is 1. The van der Waals surface area contributed by atoms with E-state index >= 15 is 0 Å². The summed E-state index contributed by atoms with van der Waals surface area (Å²) in [5, 5.41) is 2.81. The Morgan fingerprint density at radius 3 is 2.64 bits per heavy atom. The fourth-order valence-electron chi connectivity index (χ4n) is 2.54. The maximum Gasteiger partial charge on any atom is 0.236 e. The monoisotopic (exact) mass is 305 g/mol. The van der Waals surface area contributed by atoms with Crippen LogP contribution in [0.5, 0.6) is 5.75 Å². The van der Waals surface area contributed by atoms with E-state index in [0.29, 0.717) is 6.54 Å². The summed E-state index contributed by atoms with van der Waals surface area (Å²) in [6.45, 7) is 6.44. The maximum atomic E-state index is 11.4. The highest BCUT2D eigenvalue weighted by Crippen LogP contribution is 2.13. The first-order valence-corrected chi connectivity index (χ1v) is 8.12. The highest BCUT2D eigenvalue weighted by Gasteiger charge is 2.10. The van der Waals surface area contributed by atoms with Crippen molar-refractivity contribution >= 4 is 5.91 Å². The largest absolute Gasteiger partial charge is 0.492 e. The molecular weight excluding hydrogens is 278 g/mol. The smallest absolute Gasteiger partial charge is 0.236 e.